The highest BCUT2D eigenvalue weighted by Gasteiger charge is 2.38. The number of aromatic hydroxyl groups is 1. The molecule has 0 radical (unpaired) electrons. The molecular weight excluding hydrogens is 1240 g/mol. The van der Waals surface area contributed by atoms with E-state index >= 15 is 0 Å². The van der Waals surface area contributed by atoms with Gasteiger partial charge in [0, 0.05) is 46.3 Å². The van der Waals surface area contributed by atoms with E-state index in [1.165, 1.54) is 9.36 Å². The molecule has 0 fully saturated rings. The number of nitrogens with one attached hydrogen (secondary N) is 1. The van der Waals surface area contributed by atoms with Gasteiger partial charge in [-0.3, -0.25) is 19.9 Å². The number of benzene rings is 6. The molecule has 27 nitrogen and oxygen atoms in total. The number of carboxylic acid groups (broad SMARTS) is 3. The Labute approximate surface area is 534 Å². The molecule has 0 atom stereocenters. The number of nitrogens with zero attached hydrogens (tertiary/aromatic N) is 12. The molecule has 482 valence electrons. The first-order chi connectivity index (χ1) is 45.8. The summed E-state index contributed by atoms with van der Waals surface area (Å²) in [5, 5.41) is 63.3. The summed E-state index contributed by atoms with van der Waals surface area (Å²) < 4.78 is 67.5. The number of aromatic carboxylic acids is 2. The average molecular weight is 1300 g/mol. The van der Waals surface area contributed by atoms with E-state index in [1.54, 1.807) is 101 Å². The second kappa shape index (κ2) is 31.0. The van der Waals surface area contributed by atoms with Crippen molar-refractivity contribution in [3.63, 3.8) is 0 Å². The fourth-order valence-electron chi connectivity index (χ4n) is 8.47. The summed E-state index contributed by atoms with van der Waals surface area (Å²) in [6.07, 6.45) is 1.79. The van der Waals surface area contributed by atoms with Gasteiger partial charge in [-0.1, -0.05) is 69.3 Å². The minimum Gasteiger partial charge on any atom is -0.508 e. The van der Waals surface area contributed by atoms with Gasteiger partial charge < -0.3 is 48.8 Å². The number of fused-ring (bicyclic) bond motifs is 4. The summed E-state index contributed by atoms with van der Waals surface area (Å²) in [4.78, 5) is 60.6. The van der Waals surface area contributed by atoms with Crippen LogP contribution < -0.4 is 23.7 Å². The number of carboxylic acids is 3. The molecule has 6 aromatic carbocycles. The molecule has 0 aliphatic heterocycles. The lowest BCUT2D eigenvalue weighted by Gasteiger charge is -2.10. The van der Waals surface area contributed by atoms with Gasteiger partial charge in [-0.15, -0.1) is 10.2 Å². The predicted octanol–water partition coefficient (Wildman–Crippen LogP) is 11.6. The molecule has 0 spiro atoms. The fraction of sp³-hybridized carbons (Fsp3) is 0.108. The zero-order valence-corrected chi connectivity index (χ0v) is 50.0. The maximum Gasteiger partial charge on any atom is 0.490 e. The number of pyridine rings is 4. The van der Waals surface area contributed by atoms with Gasteiger partial charge in [-0.2, -0.15) is 13.2 Å². The number of aromatic nitrogens is 13. The van der Waals surface area contributed by atoms with Crippen LogP contribution in [0.2, 0.25) is 0 Å². The van der Waals surface area contributed by atoms with Crippen molar-refractivity contribution in [3.05, 3.63) is 223 Å². The SMILES string of the molecule is CCOC(=O)c1nnn(Cc2ccc(OC)cc2)c1Oc1ccc2ncccc2c1.COc1ccc(Cn2nnc(C(=O)O)c2Oc2ccc3ncccc3c2)cc1.O=C(O)C(F)(F)F.O=C(O)c1[nH]nnc1Oc1ccc2ncccc2c1.Oc1ccc2ncccc2c1. The molecule has 13 rings (SSSR count). The van der Waals surface area contributed by atoms with E-state index in [9.17, 15) is 32.7 Å². The lowest BCUT2D eigenvalue weighted by molar-refractivity contribution is -0.192. The molecular formula is C65H52F3N13O14. The Kier molecular flexibility index (Phi) is 21.7. The summed E-state index contributed by atoms with van der Waals surface area (Å²) in [5.41, 5.74) is 4.83. The van der Waals surface area contributed by atoms with Crippen molar-refractivity contribution in [3.8, 4) is 52.1 Å². The number of methoxy groups -OCH3 is 2. The number of ether oxygens (including phenoxy) is 6. The smallest absolute Gasteiger partial charge is 0.490 e. The van der Waals surface area contributed by atoms with Crippen LogP contribution in [0.15, 0.2) is 195 Å². The summed E-state index contributed by atoms with van der Waals surface area (Å²) in [6.45, 7) is 2.62. The highest BCUT2D eigenvalue weighted by atomic mass is 19.4. The monoisotopic (exact) mass is 1300 g/mol. The van der Waals surface area contributed by atoms with E-state index < -0.39 is 30.1 Å². The predicted molar refractivity (Wildman–Crippen MR) is 333 cm³/mol. The Bertz CT molecular complexity index is 4800. The standard InChI is InChI=1S/C22H20N4O4.C20H16N4O4.C12H8N4O3.C9H7NO.C2HF3O2/c1-3-29-22(27)20-21(30-18-10-11-19-16(13-18)5-4-12-23-19)26(25-24-20)14-15-6-8-17(28-2)9-7-15;1-27-15-6-4-13(5-7-15)12-24-19(18(20(25)26)22-23-24)28-16-8-9-17-14(11-16)3-2-10-21-17;17-12(18)10-11(15-16-14-10)19-8-3-4-9-7(6-8)2-1-5-13-9;11-8-3-4-9-7(6-8)2-1-5-10-9;3-2(4,5)1(6)7/h4-13H,3,14H2,1-2H3;2-11H,12H2,1H3,(H,25,26);1-6H,(H,17,18)(H,14,15,16);1-6,11H;(H,6,7). The van der Waals surface area contributed by atoms with Gasteiger partial charge >= 0.3 is 30.1 Å². The van der Waals surface area contributed by atoms with Crippen molar-refractivity contribution in [2.45, 2.75) is 26.2 Å². The average Bonchev–Trinajstić information content (AvgIpc) is 1.77. The maximum absolute atomic E-state index is 12.4. The topological polar surface area (TPSA) is 359 Å². The number of hydrogen-bond donors (Lipinski definition) is 5. The number of hydrogen-bond acceptors (Lipinski definition) is 21. The Balaban J connectivity index is 0.000000150. The van der Waals surface area contributed by atoms with Gasteiger partial charge in [-0.25, -0.2) is 33.6 Å². The van der Waals surface area contributed by atoms with Crippen LogP contribution in [-0.4, -0.2) is 137 Å². The van der Waals surface area contributed by atoms with Crippen molar-refractivity contribution >= 4 is 67.5 Å². The van der Waals surface area contributed by atoms with E-state index in [4.69, 9.17) is 48.5 Å². The summed E-state index contributed by atoms with van der Waals surface area (Å²) in [7, 11) is 3.21. The van der Waals surface area contributed by atoms with Gasteiger partial charge in [-0.05, 0) is 139 Å². The number of H-pyrrole nitrogens is 1. The Morgan fingerprint density at radius 2 is 0.884 bits per heavy atom. The zero-order valence-electron chi connectivity index (χ0n) is 50.0. The van der Waals surface area contributed by atoms with E-state index in [0.29, 0.717) is 30.3 Å². The van der Waals surface area contributed by atoms with Gasteiger partial charge in [0.1, 0.15) is 34.5 Å². The molecule has 13 aromatic rings. The molecule has 7 aromatic heterocycles. The third kappa shape index (κ3) is 17.8. The lowest BCUT2D eigenvalue weighted by atomic mass is 10.2. The van der Waals surface area contributed by atoms with Gasteiger partial charge in [0.15, 0.2) is 0 Å². The molecule has 30 heteroatoms. The number of alkyl halides is 3. The van der Waals surface area contributed by atoms with Gasteiger partial charge in [0.2, 0.25) is 17.1 Å². The van der Waals surface area contributed by atoms with Gasteiger partial charge in [0.25, 0.3) is 17.6 Å². The first-order valence-electron chi connectivity index (χ1n) is 28.0. The largest absolute Gasteiger partial charge is 0.508 e. The molecule has 0 saturated heterocycles. The third-order valence-electron chi connectivity index (χ3n) is 13.0. The minimum atomic E-state index is -5.08. The molecule has 0 saturated carbocycles. The van der Waals surface area contributed by atoms with E-state index in [0.717, 1.165) is 66.2 Å². The number of aliphatic carboxylic acids is 1. The molecule has 0 unspecified atom stereocenters. The summed E-state index contributed by atoms with van der Waals surface area (Å²) >= 11 is 0. The van der Waals surface area contributed by atoms with Crippen molar-refractivity contribution < 1.29 is 81.2 Å². The lowest BCUT2D eigenvalue weighted by Crippen LogP contribution is -2.21. The van der Waals surface area contributed by atoms with Crippen molar-refractivity contribution in [2.75, 3.05) is 20.8 Å². The van der Waals surface area contributed by atoms with Crippen LogP contribution in [0.25, 0.3) is 43.6 Å². The summed E-state index contributed by atoms with van der Waals surface area (Å²) in [6, 6.07) is 51.1. The first kappa shape index (κ1) is 66.3. The van der Waals surface area contributed by atoms with Crippen LogP contribution in [0.4, 0.5) is 13.2 Å². The molecule has 0 bridgehead atoms. The zero-order chi connectivity index (χ0) is 67.4. The molecule has 95 heavy (non-hydrogen) atoms. The van der Waals surface area contributed by atoms with E-state index in [2.05, 4.69) is 56.0 Å². The van der Waals surface area contributed by atoms with Crippen LogP contribution in [0.3, 0.4) is 0 Å². The fourth-order valence-corrected chi connectivity index (χ4v) is 8.47. The van der Waals surface area contributed by atoms with Crippen molar-refractivity contribution in [2.24, 2.45) is 0 Å². The number of phenolic OH excluding ortho intramolecular Hbond substituents is 1. The number of phenols is 1. The minimum absolute atomic E-state index is 0.0247. The molecule has 0 aliphatic rings. The number of carbonyl (C=O) groups is 4. The van der Waals surface area contributed by atoms with Crippen molar-refractivity contribution in [1.82, 2.24) is 65.3 Å². The highest BCUT2D eigenvalue weighted by Crippen LogP contribution is 2.31. The number of carbonyl (C=O) groups excluding carboxylic acids is 1. The number of esters is 1. The second-order valence-corrected chi connectivity index (χ2v) is 19.4. The number of aromatic amines is 1. The Hall–Kier alpha value is -13.2. The normalized spacial score (nSPS) is 10.7. The second-order valence-electron chi connectivity index (χ2n) is 19.4. The van der Waals surface area contributed by atoms with Crippen LogP contribution in [-0.2, 0) is 22.6 Å². The van der Waals surface area contributed by atoms with Crippen LogP contribution in [0.1, 0.15) is 49.5 Å². The quantitative estimate of drug-likeness (QED) is 0.0561. The van der Waals surface area contributed by atoms with E-state index in [-0.39, 0.29) is 47.1 Å². The first-order valence-corrected chi connectivity index (χ1v) is 28.0. The summed E-state index contributed by atoms with van der Waals surface area (Å²) in [5.74, 6) is -2.28. The Morgan fingerprint density at radius 3 is 1.28 bits per heavy atom. The maximum atomic E-state index is 12.4. The van der Waals surface area contributed by atoms with Gasteiger partial charge in [0.05, 0.1) is 56.0 Å². The van der Waals surface area contributed by atoms with Crippen molar-refractivity contribution in [1.29, 1.82) is 0 Å². The highest BCUT2D eigenvalue weighted by molar-refractivity contribution is 5.90. The molecule has 0 amide bonds. The third-order valence-corrected chi connectivity index (χ3v) is 13.0. The number of rotatable bonds is 16. The molecule has 7 heterocycles. The van der Waals surface area contributed by atoms with Crippen LogP contribution in [0, 0.1) is 0 Å². The van der Waals surface area contributed by atoms with Crippen LogP contribution in [0.5, 0.6) is 52.1 Å². The van der Waals surface area contributed by atoms with Crippen LogP contribution >= 0.6 is 0 Å². The Morgan fingerprint density at radius 1 is 0.495 bits per heavy atom. The van der Waals surface area contributed by atoms with E-state index in [1.807, 2.05) is 115 Å². The molecule has 5 N–H and O–H groups in total. The molecule has 0 aliphatic carbocycles. The number of halogens is 3.